The quantitative estimate of drug-likeness (QED) is 0.855. The lowest BCUT2D eigenvalue weighted by Crippen LogP contribution is -2.35. The number of benzene rings is 1. The van der Waals surface area contributed by atoms with E-state index in [0.29, 0.717) is 11.3 Å². The van der Waals surface area contributed by atoms with Crippen LogP contribution in [-0.2, 0) is 6.42 Å². The summed E-state index contributed by atoms with van der Waals surface area (Å²) in [7, 11) is 1.74. The Balaban J connectivity index is 2.24. The van der Waals surface area contributed by atoms with Crippen molar-refractivity contribution in [1.82, 2.24) is 5.32 Å². The van der Waals surface area contributed by atoms with E-state index in [4.69, 9.17) is 4.74 Å². The minimum absolute atomic E-state index is 0.500. The predicted molar refractivity (Wildman–Crippen MR) is 84.3 cm³/mol. The van der Waals surface area contributed by atoms with Gasteiger partial charge in [-0.3, -0.25) is 0 Å². The van der Waals surface area contributed by atoms with Crippen LogP contribution in [0.2, 0.25) is 0 Å². The lowest BCUT2D eigenvalue weighted by molar-refractivity contribution is 0.411. The van der Waals surface area contributed by atoms with Crippen LogP contribution in [0.3, 0.4) is 0 Å². The summed E-state index contributed by atoms with van der Waals surface area (Å²) in [5.41, 5.74) is 2.94. The van der Waals surface area contributed by atoms with Gasteiger partial charge in [-0.2, -0.15) is 11.8 Å². The number of hydrogen-bond donors (Lipinski definition) is 1. The van der Waals surface area contributed by atoms with Crippen molar-refractivity contribution in [2.24, 2.45) is 0 Å². The van der Waals surface area contributed by atoms with E-state index in [1.807, 2.05) is 0 Å². The lowest BCUT2D eigenvalue weighted by atomic mass is 9.87. The highest BCUT2D eigenvalue weighted by atomic mass is 32.2. The molecule has 19 heavy (non-hydrogen) atoms. The van der Waals surface area contributed by atoms with Crippen LogP contribution in [0.1, 0.15) is 43.9 Å². The smallest absolute Gasteiger partial charge is 0.119 e. The topological polar surface area (TPSA) is 21.3 Å². The molecular formula is C16H25NOS. The van der Waals surface area contributed by atoms with E-state index in [9.17, 15) is 0 Å². The summed E-state index contributed by atoms with van der Waals surface area (Å²) in [6.07, 6.45) is 3.63. The van der Waals surface area contributed by atoms with Crippen LogP contribution in [0, 0.1) is 0 Å². The first-order valence-electron chi connectivity index (χ1n) is 7.32. The average Bonchev–Trinajstić information content (AvgIpc) is 2.45. The number of hydrogen-bond acceptors (Lipinski definition) is 3. The summed E-state index contributed by atoms with van der Waals surface area (Å²) in [5.74, 6) is 2.18. The molecule has 1 aliphatic carbocycles. The summed E-state index contributed by atoms with van der Waals surface area (Å²) in [6.45, 7) is 5.58. The molecule has 1 N–H and O–H groups in total. The average molecular weight is 279 g/mol. The van der Waals surface area contributed by atoms with Gasteiger partial charge in [-0.05, 0) is 54.8 Å². The number of fused-ring (bicyclic) bond motifs is 1. The van der Waals surface area contributed by atoms with Crippen molar-refractivity contribution in [3.8, 4) is 5.75 Å². The summed E-state index contributed by atoms with van der Waals surface area (Å²) in [6, 6.07) is 7.06. The molecule has 1 aliphatic rings. The third-order valence-corrected chi connectivity index (χ3v) is 5.02. The van der Waals surface area contributed by atoms with Crippen LogP contribution in [0.4, 0.5) is 0 Å². The zero-order chi connectivity index (χ0) is 13.7. The van der Waals surface area contributed by atoms with E-state index in [2.05, 4.69) is 49.1 Å². The fourth-order valence-electron chi connectivity index (χ4n) is 2.83. The Hall–Kier alpha value is -0.670. The molecule has 2 nitrogen and oxygen atoms in total. The molecule has 0 aromatic heterocycles. The molecule has 2 rings (SSSR count). The fourth-order valence-corrected chi connectivity index (χ4v) is 3.98. The Kier molecular flexibility index (Phi) is 5.59. The van der Waals surface area contributed by atoms with Gasteiger partial charge in [0.1, 0.15) is 5.75 Å². The highest BCUT2D eigenvalue weighted by Gasteiger charge is 2.29. The normalized spacial score (nSPS) is 22.1. The Morgan fingerprint density at radius 2 is 2.21 bits per heavy atom. The molecule has 0 saturated heterocycles. The highest BCUT2D eigenvalue weighted by molar-refractivity contribution is 7.99. The summed E-state index contributed by atoms with van der Waals surface area (Å²) in [4.78, 5) is 0. The number of thioether (sulfide) groups is 1. The zero-order valence-corrected chi connectivity index (χ0v) is 13.1. The van der Waals surface area contributed by atoms with Gasteiger partial charge in [0.2, 0.25) is 0 Å². The maximum absolute atomic E-state index is 5.35. The van der Waals surface area contributed by atoms with Gasteiger partial charge in [0.05, 0.1) is 7.11 Å². The van der Waals surface area contributed by atoms with Gasteiger partial charge < -0.3 is 10.1 Å². The van der Waals surface area contributed by atoms with Gasteiger partial charge in [0.15, 0.2) is 0 Å². The Labute approximate surface area is 121 Å². The second kappa shape index (κ2) is 7.20. The molecule has 106 valence electrons. The van der Waals surface area contributed by atoms with Crippen molar-refractivity contribution in [2.75, 3.05) is 19.4 Å². The summed E-state index contributed by atoms with van der Waals surface area (Å²) < 4.78 is 5.35. The second-order valence-electron chi connectivity index (χ2n) is 5.03. The molecule has 2 atom stereocenters. The molecule has 0 radical (unpaired) electrons. The van der Waals surface area contributed by atoms with Crippen LogP contribution >= 0.6 is 11.8 Å². The van der Waals surface area contributed by atoms with Crippen molar-refractivity contribution in [1.29, 1.82) is 0 Å². The first-order valence-corrected chi connectivity index (χ1v) is 8.36. The molecular weight excluding hydrogens is 254 g/mol. The summed E-state index contributed by atoms with van der Waals surface area (Å²) in [5, 5.41) is 4.44. The van der Waals surface area contributed by atoms with Gasteiger partial charge in [-0.1, -0.05) is 19.9 Å². The predicted octanol–water partition coefficient (Wildman–Crippen LogP) is 3.80. The van der Waals surface area contributed by atoms with Crippen LogP contribution in [0.5, 0.6) is 5.75 Å². The Morgan fingerprint density at radius 3 is 2.89 bits per heavy atom. The minimum atomic E-state index is 0.500. The third-order valence-electron chi connectivity index (χ3n) is 3.75. The molecule has 0 amide bonds. The molecule has 2 unspecified atom stereocenters. The monoisotopic (exact) mass is 279 g/mol. The SMILES string of the molecule is CCCNC1c2ccc(OC)cc2CCC1SCC. The van der Waals surface area contributed by atoms with Gasteiger partial charge in [-0.25, -0.2) is 0 Å². The Bertz CT molecular complexity index is 408. The van der Waals surface area contributed by atoms with Gasteiger partial charge >= 0.3 is 0 Å². The van der Waals surface area contributed by atoms with Crippen molar-refractivity contribution in [3.63, 3.8) is 0 Å². The molecule has 1 aromatic carbocycles. The number of rotatable bonds is 6. The number of ether oxygens (including phenoxy) is 1. The number of nitrogens with one attached hydrogen (secondary N) is 1. The van der Waals surface area contributed by atoms with Gasteiger partial charge in [-0.15, -0.1) is 0 Å². The molecule has 0 heterocycles. The largest absolute Gasteiger partial charge is 0.497 e. The van der Waals surface area contributed by atoms with Crippen molar-refractivity contribution in [2.45, 2.75) is 44.4 Å². The molecule has 1 aromatic rings. The number of methoxy groups -OCH3 is 1. The molecule has 3 heteroatoms. The van der Waals surface area contributed by atoms with Crippen LogP contribution in [0.25, 0.3) is 0 Å². The van der Waals surface area contributed by atoms with Crippen LogP contribution in [-0.4, -0.2) is 24.7 Å². The maximum atomic E-state index is 5.35. The van der Waals surface area contributed by atoms with Crippen LogP contribution < -0.4 is 10.1 Å². The van der Waals surface area contributed by atoms with E-state index in [0.717, 1.165) is 12.3 Å². The third kappa shape index (κ3) is 3.46. The fraction of sp³-hybridized carbons (Fsp3) is 0.625. The van der Waals surface area contributed by atoms with E-state index < -0.39 is 0 Å². The van der Waals surface area contributed by atoms with Crippen molar-refractivity contribution < 1.29 is 4.74 Å². The van der Waals surface area contributed by atoms with E-state index in [-0.39, 0.29) is 0 Å². The lowest BCUT2D eigenvalue weighted by Gasteiger charge is -2.34. The van der Waals surface area contributed by atoms with Crippen molar-refractivity contribution >= 4 is 11.8 Å². The minimum Gasteiger partial charge on any atom is -0.497 e. The van der Waals surface area contributed by atoms with Gasteiger partial charge in [0, 0.05) is 11.3 Å². The van der Waals surface area contributed by atoms with E-state index >= 15 is 0 Å². The van der Waals surface area contributed by atoms with Crippen LogP contribution in [0.15, 0.2) is 18.2 Å². The molecule has 0 spiro atoms. The molecule has 0 saturated carbocycles. The van der Waals surface area contributed by atoms with Crippen molar-refractivity contribution in [3.05, 3.63) is 29.3 Å². The first kappa shape index (κ1) is 14.7. The standard InChI is InChI=1S/C16H25NOS/c1-4-10-17-16-14-8-7-13(18-3)11-12(14)6-9-15(16)19-5-2/h7-8,11,15-17H,4-6,9-10H2,1-3H3. The highest BCUT2D eigenvalue weighted by Crippen LogP contribution is 2.38. The number of aryl methyl sites for hydroxylation is 1. The molecule has 0 bridgehead atoms. The molecule has 0 fully saturated rings. The van der Waals surface area contributed by atoms with E-state index in [1.165, 1.54) is 36.1 Å². The summed E-state index contributed by atoms with van der Waals surface area (Å²) >= 11 is 2.09. The van der Waals surface area contributed by atoms with Gasteiger partial charge in [0.25, 0.3) is 0 Å². The zero-order valence-electron chi connectivity index (χ0n) is 12.2. The Morgan fingerprint density at radius 1 is 1.37 bits per heavy atom. The molecule has 0 aliphatic heterocycles. The second-order valence-corrected chi connectivity index (χ2v) is 6.55. The first-order chi connectivity index (χ1) is 9.30. The van der Waals surface area contributed by atoms with E-state index in [1.54, 1.807) is 7.11 Å². The maximum Gasteiger partial charge on any atom is 0.119 e.